The van der Waals surface area contributed by atoms with Gasteiger partial charge in [-0.3, -0.25) is 0 Å². The number of rotatable bonds is 3. The average Bonchev–Trinajstić information content (AvgIpc) is 3.23. The standard InChI is InChI=1S/C19H20N6O3/c1-19(2,3)24-18(26)28-14-9-20-17-16(14)23-15(10-21-17)25-13-6-5-12(27-4)7-11(13)8-22-25/h5-10H,1-4H3,(H,20,21)(H,24,26). The third-order valence-corrected chi connectivity index (χ3v) is 4.01. The van der Waals surface area contributed by atoms with Crippen molar-refractivity contribution < 1.29 is 14.3 Å². The Morgan fingerprint density at radius 1 is 1.25 bits per heavy atom. The van der Waals surface area contributed by atoms with Crippen molar-refractivity contribution in [3.05, 3.63) is 36.8 Å². The number of nitrogens with one attached hydrogen (secondary N) is 2. The number of benzene rings is 1. The van der Waals surface area contributed by atoms with Crippen molar-refractivity contribution in [1.29, 1.82) is 0 Å². The lowest BCUT2D eigenvalue weighted by atomic mass is 10.1. The second kappa shape index (κ2) is 6.52. The number of hydrogen-bond acceptors (Lipinski definition) is 6. The van der Waals surface area contributed by atoms with Gasteiger partial charge in [-0.2, -0.15) is 5.10 Å². The third-order valence-electron chi connectivity index (χ3n) is 4.01. The lowest BCUT2D eigenvalue weighted by Gasteiger charge is -2.19. The zero-order valence-corrected chi connectivity index (χ0v) is 16.0. The van der Waals surface area contributed by atoms with E-state index in [4.69, 9.17) is 9.47 Å². The van der Waals surface area contributed by atoms with Crippen LogP contribution in [0.5, 0.6) is 11.5 Å². The molecule has 0 aliphatic rings. The monoisotopic (exact) mass is 380 g/mol. The molecule has 9 heteroatoms. The number of methoxy groups -OCH3 is 1. The van der Waals surface area contributed by atoms with E-state index >= 15 is 0 Å². The lowest BCUT2D eigenvalue weighted by molar-refractivity contribution is 0.191. The van der Waals surface area contributed by atoms with E-state index in [0.717, 1.165) is 16.7 Å². The van der Waals surface area contributed by atoms with E-state index in [-0.39, 0.29) is 0 Å². The van der Waals surface area contributed by atoms with Crippen molar-refractivity contribution in [1.82, 2.24) is 30.0 Å². The normalized spacial score (nSPS) is 11.7. The molecule has 4 rings (SSSR count). The summed E-state index contributed by atoms with van der Waals surface area (Å²) in [7, 11) is 1.62. The zero-order valence-electron chi connectivity index (χ0n) is 16.0. The maximum Gasteiger partial charge on any atom is 0.413 e. The summed E-state index contributed by atoms with van der Waals surface area (Å²) in [5.74, 6) is 1.55. The maximum absolute atomic E-state index is 12.1. The molecule has 3 heterocycles. The van der Waals surface area contributed by atoms with E-state index in [0.29, 0.717) is 22.7 Å². The second-order valence-corrected chi connectivity index (χ2v) is 7.32. The molecule has 0 saturated heterocycles. The van der Waals surface area contributed by atoms with Gasteiger partial charge < -0.3 is 19.8 Å². The molecule has 1 amide bonds. The number of H-pyrrole nitrogens is 1. The molecule has 0 spiro atoms. The van der Waals surface area contributed by atoms with Gasteiger partial charge in [0.15, 0.2) is 22.7 Å². The van der Waals surface area contributed by atoms with Crippen LogP contribution in [0.4, 0.5) is 4.79 Å². The summed E-state index contributed by atoms with van der Waals surface area (Å²) >= 11 is 0. The van der Waals surface area contributed by atoms with Gasteiger partial charge in [-0.1, -0.05) is 0 Å². The summed E-state index contributed by atoms with van der Waals surface area (Å²) in [5, 5.41) is 8.06. The van der Waals surface area contributed by atoms with Crippen LogP contribution in [0.2, 0.25) is 0 Å². The number of carbonyl (C=O) groups excluding carboxylic acids is 1. The van der Waals surface area contributed by atoms with E-state index in [1.807, 2.05) is 39.0 Å². The molecule has 4 aromatic rings. The first-order chi connectivity index (χ1) is 13.3. The zero-order chi connectivity index (χ0) is 19.9. The Kier molecular flexibility index (Phi) is 4.14. The molecule has 0 saturated carbocycles. The Balaban J connectivity index is 1.71. The Morgan fingerprint density at radius 3 is 2.82 bits per heavy atom. The average molecular weight is 380 g/mol. The fourth-order valence-corrected chi connectivity index (χ4v) is 2.79. The summed E-state index contributed by atoms with van der Waals surface area (Å²) in [6, 6.07) is 5.65. The highest BCUT2D eigenvalue weighted by molar-refractivity contribution is 5.84. The van der Waals surface area contributed by atoms with Crippen LogP contribution in [0, 0.1) is 0 Å². The minimum Gasteiger partial charge on any atom is -0.497 e. The first-order valence-corrected chi connectivity index (χ1v) is 8.70. The fraction of sp³-hybridized carbons (Fsp3) is 0.263. The quantitative estimate of drug-likeness (QED) is 0.565. The van der Waals surface area contributed by atoms with Crippen molar-refractivity contribution in [2.24, 2.45) is 0 Å². The molecule has 0 aliphatic carbocycles. The minimum atomic E-state index is -0.558. The molecule has 2 N–H and O–H groups in total. The molecule has 9 nitrogen and oxygen atoms in total. The predicted octanol–water partition coefficient (Wildman–Crippen LogP) is 3.19. The first-order valence-electron chi connectivity index (χ1n) is 8.70. The number of amides is 1. The summed E-state index contributed by atoms with van der Waals surface area (Å²) in [5.41, 5.74) is 1.41. The van der Waals surface area contributed by atoms with Crippen molar-refractivity contribution >= 4 is 28.2 Å². The molecule has 0 aliphatic heterocycles. The Hall–Kier alpha value is -3.62. The number of carbonyl (C=O) groups is 1. The summed E-state index contributed by atoms with van der Waals surface area (Å²) < 4.78 is 12.3. The van der Waals surface area contributed by atoms with Crippen molar-refractivity contribution in [3.8, 4) is 17.3 Å². The molecular formula is C19H20N6O3. The van der Waals surface area contributed by atoms with Gasteiger partial charge in [0, 0.05) is 17.1 Å². The summed E-state index contributed by atoms with van der Waals surface area (Å²) in [4.78, 5) is 24.0. The van der Waals surface area contributed by atoms with Crippen LogP contribution in [0.1, 0.15) is 20.8 Å². The highest BCUT2D eigenvalue weighted by Gasteiger charge is 2.18. The number of aromatic amines is 1. The first kappa shape index (κ1) is 17.8. The van der Waals surface area contributed by atoms with E-state index in [9.17, 15) is 4.79 Å². The van der Waals surface area contributed by atoms with Crippen molar-refractivity contribution in [3.63, 3.8) is 0 Å². The molecule has 1 aromatic carbocycles. The highest BCUT2D eigenvalue weighted by Crippen LogP contribution is 2.26. The van der Waals surface area contributed by atoms with Gasteiger partial charge in [0.1, 0.15) is 5.75 Å². The molecule has 0 unspecified atom stereocenters. The van der Waals surface area contributed by atoms with Gasteiger partial charge in [0.2, 0.25) is 0 Å². The summed E-state index contributed by atoms with van der Waals surface area (Å²) in [6.45, 7) is 5.62. The molecule has 0 bridgehead atoms. The van der Waals surface area contributed by atoms with Crippen LogP contribution < -0.4 is 14.8 Å². The Labute approximate surface area is 160 Å². The van der Waals surface area contributed by atoms with Crippen LogP contribution in [-0.4, -0.2) is 43.5 Å². The largest absolute Gasteiger partial charge is 0.497 e. The fourth-order valence-electron chi connectivity index (χ4n) is 2.79. The Morgan fingerprint density at radius 2 is 2.07 bits per heavy atom. The smallest absolute Gasteiger partial charge is 0.413 e. The van der Waals surface area contributed by atoms with Crippen LogP contribution in [-0.2, 0) is 0 Å². The van der Waals surface area contributed by atoms with Gasteiger partial charge in [0.05, 0.1) is 25.0 Å². The highest BCUT2D eigenvalue weighted by atomic mass is 16.6. The summed E-state index contributed by atoms with van der Waals surface area (Å²) in [6.07, 6.45) is 4.34. The predicted molar refractivity (Wildman–Crippen MR) is 104 cm³/mol. The van der Waals surface area contributed by atoms with Crippen LogP contribution >= 0.6 is 0 Å². The number of hydrogen-bond donors (Lipinski definition) is 2. The lowest BCUT2D eigenvalue weighted by Crippen LogP contribution is -2.42. The molecule has 3 aromatic heterocycles. The molecule has 0 radical (unpaired) electrons. The maximum atomic E-state index is 12.1. The minimum absolute atomic E-state index is 0.296. The van der Waals surface area contributed by atoms with E-state index in [1.165, 1.54) is 0 Å². The number of ether oxygens (including phenoxy) is 2. The second-order valence-electron chi connectivity index (χ2n) is 7.32. The molecule has 0 atom stereocenters. The van der Waals surface area contributed by atoms with Gasteiger partial charge in [-0.15, -0.1) is 0 Å². The Bertz CT molecular complexity index is 1170. The molecule has 28 heavy (non-hydrogen) atoms. The topological polar surface area (TPSA) is 107 Å². The third kappa shape index (κ3) is 3.34. The van der Waals surface area contributed by atoms with Gasteiger partial charge >= 0.3 is 6.09 Å². The number of fused-ring (bicyclic) bond motifs is 2. The molecule has 144 valence electrons. The van der Waals surface area contributed by atoms with E-state index in [2.05, 4.69) is 25.4 Å². The van der Waals surface area contributed by atoms with Gasteiger partial charge in [-0.25, -0.2) is 19.4 Å². The van der Waals surface area contributed by atoms with Gasteiger partial charge in [0.25, 0.3) is 0 Å². The SMILES string of the molecule is COc1ccc2c(cnn2-c2cnc3[nH]cc(OC(=O)NC(C)(C)C)c3n2)c1. The van der Waals surface area contributed by atoms with Gasteiger partial charge in [-0.05, 0) is 39.0 Å². The van der Waals surface area contributed by atoms with Crippen molar-refractivity contribution in [2.45, 2.75) is 26.3 Å². The van der Waals surface area contributed by atoms with E-state index in [1.54, 1.807) is 30.4 Å². The van der Waals surface area contributed by atoms with Crippen LogP contribution in [0.25, 0.3) is 27.9 Å². The number of nitrogens with zero attached hydrogens (tertiary/aromatic N) is 4. The van der Waals surface area contributed by atoms with Crippen LogP contribution in [0.3, 0.4) is 0 Å². The molecular weight excluding hydrogens is 360 g/mol. The van der Waals surface area contributed by atoms with E-state index < -0.39 is 11.6 Å². The van der Waals surface area contributed by atoms with Crippen molar-refractivity contribution in [2.75, 3.05) is 7.11 Å². The number of aromatic nitrogens is 5. The van der Waals surface area contributed by atoms with Crippen LogP contribution in [0.15, 0.2) is 36.8 Å². The molecule has 0 fully saturated rings.